The Bertz CT molecular complexity index is 732. The van der Waals surface area contributed by atoms with Crippen molar-refractivity contribution >= 4 is 21.4 Å². The molecule has 3 rings (SSSR count). The molecule has 0 aliphatic carbocycles. The van der Waals surface area contributed by atoms with Gasteiger partial charge in [0.2, 0.25) is 0 Å². The molecule has 0 N–H and O–H groups in total. The SMILES string of the molecule is CN(C)CCc1sc2ccccc2c1CCc1ccccn1. The zero-order valence-electron chi connectivity index (χ0n) is 13.2. The Morgan fingerprint density at radius 2 is 1.77 bits per heavy atom. The maximum atomic E-state index is 4.46. The summed E-state index contributed by atoms with van der Waals surface area (Å²) in [6.45, 7) is 1.10. The molecule has 2 nitrogen and oxygen atoms in total. The van der Waals surface area contributed by atoms with Crippen molar-refractivity contribution in [2.75, 3.05) is 20.6 Å². The van der Waals surface area contributed by atoms with Gasteiger partial charge >= 0.3 is 0 Å². The van der Waals surface area contributed by atoms with Crippen LogP contribution in [-0.2, 0) is 19.3 Å². The lowest BCUT2D eigenvalue weighted by Gasteiger charge is -2.10. The summed E-state index contributed by atoms with van der Waals surface area (Å²) in [6, 6.07) is 15.0. The molecule has 22 heavy (non-hydrogen) atoms. The highest BCUT2D eigenvalue weighted by Crippen LogP contribution is 2.32. The largest absolute Gasteiger partial charge is 0.309 e. The highest BCUT2D eigenvalue weighted by atomic mass is 32.1. The van der Waals surface area contributed by atoms with Crippen LogP contribution >= 0.6 is 11.3 Å². The lowest BCUT2D eigenvalue weighted by Crippen LogP contribution is -2.15. The van der Waals surface area contributed by atoms with E-state index in [2.05, 4.69) is 60.4 Å². The molecule has 114 valence electrons. The maximum Gasteiger partial charge on any atom is 0.0406 e. The minimum atomic E-state index is 1.01. The van der Waals surface area contributed by atoms with Gasteiger partial charge in [-0.3, -0.25) is 4.98 Å². The standard InChI is InChI=1S/C19H22N2S/c1-21(2)14-12-19-17(11-10-15-7-5-6-13-20-15)16-8-3-4-9-18(16)22-19/h3-9,13H,10-12,14H2,1-2H3. The van der Waals surface area contributed by atoms with Crippen LogP contribution in [0.4, 0.5) is 0 Å². The van der Waals surface area contributed by atoms with Gasteiger partial charge in [-0.1, -0.05) is 24.3 Å². The summed E-state index contributed by atoms with van der Waals surface area (Å²) in [4.78, 5) is 8.25. The molecule has 0 radical (unpaired) electrons. The molecule has 2 aromatic heterocycles. The van der Waals surface area contributed by atoms with Gasteiger partial charge in [0.15, 0.2) is 0 Å². The minimum absolute atomic E-state index is 1.01. The molecule has 0 unspecified atom stereocenters. The van der Waals surface area contributed by atoms with E-state index in [0.29, 0.717) is 0 Å². The Kier molecular flexibility index (Phi) is 4.86. The van der Waals surface area contributed by atoms with Gasteiger partial charge in [0.25, 0.3) is 0 Å². The van der Waals surface area contributed by atoms with E-state index in [-0.39, 0.29) is 0 Å². The lowest BCUT2D eigenvalue weighted by atomic mass is 10.0. The van der Waals surface area contributed by atoms with Crippen molar-refractivity contribution in [1.29, 1.82) is 0 Å². The number of benzene rings is 1. The molecule has 2 heterocycles. The number of hydrogen-bond donors (Lipinski definition) is 0. The molecule has 0 aliphatic rings. The van der Waals surface area contributed by atoms with Crippen LogP contribution in [0.1, 0.15) is 16.1 Å². The van der Waals surface area contributed by atoms with Crippen molar-refractivity contribution in [2.24, 2.45) is 0 Å². The van der Waals surface area contributed by atoms with Gasteiger partial charge in [-0.15, -0.1) is 11.3 Å². The molecule has 0 saturated heterocycles. The maximum absolute atomic E-state index is 4.46. The third-order valence-electron chi connectivity index (χ3n) is 3.93. The molecule has 0 saturated carbocycles. The Labute approximate surface area is 136 Å². The first-order chi connectivity index (χ1) is 10.7. The number of pyridine rings is 1. The molecule has 0 aliphatic heterocycles. The van der Waals surface area contributed by atoms with E-state index < -0.39 is 0 Å². The van der Waals surface area contributed by atoms with Crippen molar-refractivity contribution in [3.63, 3.8) is 0 Å². The molecule has 0 amide bonds. The second-order valence-electron chi connectivity index (χ2n) is 5.87. The van der Waals surface area contributed by atoms with Crippen LogP contribution in [0.2, 0.25) is 0 Å². The van der Waals surface area contributed by atoms with E-state index in [0.717, 1.165) is 25.8 Å². The van der Waals surface area contributed by atoms with Gasteiger partial charge < -0.3 is 4.90 Å². The summed E-state index contributed by atoms with van der Waals surface area (Å²) < 4.78 is 1.41. The molecule has 0 fully saturated rings. The predicted octanol–water partition coefficient (Wildman–Crippen LogP) is 4.19. The van der Waals surface area contributed by atoms with Crippen LogP contribution in [-0.4, -0.2) is 30.5 Å². The van der Waals surface area contributed by atoms with Crippen LogP contribution in [0.5, 0.6) is 0 Å². The average molecular weight is 310 g/mol. The van der Waals surface area contributed by atoms with E-state index in [4.69, 9.17) is 0 Å². The fourth-order valence-corrected chi connectivity index (χ4v) is 3.99. The molecule has 3 aromatic rings. The van der Waals surface area contributed by atoms with Crippen LogP contribution < -0.4 is 0 Å². The first-order valence-electron chi connectivity index (χ1n) is 7.78. The molecule has 0 spiro atoms. The second-order valence-corrected chi connectivity index (χ2v) is 7.01. The highest BCUT2D eigenvalue weighted by molar-refractivity contribution is 7.19. The van der Waals surface area contributed by atoms with Crippen LogP contribution in [0.3, 0.4) is 0 Å². The lowest BCUT2D eigenvalue weighted by molar-refractivity contribution is 0.414. The number of nitrogens with zero attached hydrogens (tertiary/aromatic N) is 2. The Morgan fingerprint density at radius 1 is 0.955 bits per heavy atom. The molecule has 1 aromatic carbocycles. The van der Waals surface area contributed by atoms with E-state index in [1.807, 2.05) is 23.6 Å². The highest BCUT2D eigenvalue weighted by Gasteiger charge is 2.12. The number of thiophene rings is 1. The fourth-order valence-electron chi connectivity index (χ4n) is 2.75. The van der Waals surface area contributed by atoms with Crippen molar-refractivity contribution < 1.29 is 0 Å². The number of aryl methyl sites for hydroxylation is 2. The smallest absolute Gasteiger partial charge is 0.0406 e. The first kappa shape index (κ1) is 15.2. The number of hydrogen-bond acceptors (Lipinski definition) is 3. The van der Waals surface area contributed by atoms with Gasteiger partial charge in [-0.2, -0.15) is 0 Å². The molecular formula is C19H22N2S. The van der Waals surface area contributed by atoms with Crippen LogP contribution in [0, 0.1) is 0 Å². The number of aromatic nitrogens is 1. The van der Waals surface area contributed by atoms with Crippen molar-refractivity contribution in [3.8, 4) is 0 Å². The van der Waals surface area contributed by atoms with Gasteiger partial charge in [-0.05, 0) is 62.5 Å². The second kappa shape index (κ2) is 7.03. The van der Waals surface area contributed by atoms with E-state index >= 15 is 0 Å². The summed E-state index contributed by atoms with van der Waals surface area (Å²) in [5, 5.41) is 1.43. The molecule has 0 atom stereocenters. The zero-order chi connectivity index (χ0) is 15.4. The summed E-state index contributed by atoms with van der Waals surface area (Å²) in [5.74, 6) is 0. The van der Waals surface area contributed by atoms with Gasteiger partial charge in [0.1, 0.15) is 0 Å². The van der Waals surface area contributed by atoms with Crippen molar-refractivity contribution in [3.05, 3.63) is 64.8 Å². The van der Waals surface area contributed by atoms with E-state index in [1.165, 1.54) is 26.2 Å². The quantitative estimate of drug-likeness (QED) is 0.679. The van der Waals surface area contributed by atoms with Crippen LogP contribution in [0.25, 0.3) is 10.1 Å². The van der Waals surface area contributed by atoms with E-state index in [9.17, 15) is 0 Å². The summed E-state index contributed by atoms with van der Waals surface area (Å²) in [5.41, 5.74) is 2.70. The van der Waals surface area contributed by atoms with E-state index in [1.54, 1.807) is 0 Å². The zero-order valence-corrected chi connectivity index (χ0v) is 14.1. The van der Waals surface area contributed by atoms with Crippen molar-refractivity contribution in [2.45, 2.75) is 19.3 Å². The number of fused-ring (bicyclic) bond motifs is 1. The topological polar surface area (TPSA) is 16.1 Å². The van der Waals surface area contributed by atoms with Gasteiger partial charge in [0, 0.05) is 28.0 Å². The van der Waals surface area contributed by atoms with Crippen molar-refractivity contribution in [1.82, 2.24) is 9.88 Å². The average Bonchev–Trinajstić information content (AvgIpc) is 2.89. The number of likely N-dealkylation sites (N-methyl/N-ethyl adjacent to an activating group) is 1. The summed E-state index contributed by atoms with van der Waals surface area (Å²) >= 11 is 1.95. The predicted molar refractivity (Wildman–Crippen MR) is 95.7 cm³/mol. The molecular weight excluding hydrogens is 288 g/mol. The Balaban J connectivity index is 1.86. The normalized spacial score (nSPS) is 11.4. The monoisotopic (exact) mass is 310 g/mol. The fraction of sp³-hybridized carbons (Fsp3) is 0.316. The van der Waals surface area contributed by atoms with Gasteiger partial charge in [0.05, 0.1) is 0 Å². The minimum Gasteiger partial charge on any atom is -0.309 e. The number of rotatable bonds is 6. The molecule has 3 heteroatoms. The Morgan fingerprint density at radius 3 is 2.55 bits per heavy atom. The summed E-state index contributed by atoms with van der Waals surface area (Å²) in [6.07, 6.45) is 5.10. The van der Waals surface area contributed by atoms with Gasteiger partial charge in [-0.25, -0.2) is 0 Å². The third kappa shape index (κ3) is 3.54. The molecule has 0 bridgehead atoms. The van der Waals surface area contributed by atoms with Crippen LogP contribution in [0.15, 0.2) is 48.7 Å². The Hall–Kier alpha value is -1.71. The third-order valence-corrected chi connectivity index (χ3v) is 5.20. The first-order valence-corrected chi connectivity index (χ1v) is 8.59. The summed E-state index contributed by atoms with van der Waals surface area (Å²) in [7, 11) is 4.28.